The average molecular weight is 207 g/mol. The normalized spacial score (nSPS) is 11.5. The van der Waals surface area contributed by atoms with Crippen LogP contribution in [0.4, 0.5) is 0 Å². The van der Waals surface area contributed by atoms with Crippen LogP contribution in [0, 0.1) is 0 Å². The molecule has 1 N–H and O–H groups in total. The number of rotatable bonds is 4. The number of hydrogen-bond donors (Lipinski definition) is 1. The van der Waals surface area contributed by atoms with Crippen LogP contribution < -0.4 is 0 Å². The first-order valence-corrected chi connectivity index (χ1v) is 10.4. The number of aliphatic carboxylic acids is 1. The Morgan fingerprint density at radius 1 is 1.40 bits per heavy atom. The van der Waals surface area contributed by atoms with E-state index in [-0.39, 0.29) is 0 Å². The van der Waals surface area contributed by atoms with E-state index in [0.717, 1.165) is 11.6 Å². The minimum atomic E-state index is -1.29. The van der Waals surface area contributed by atoms with Gasteiger partial charge >= 0.3 is 64.6 Å². The monoisotopic (exact) mass is 207 g/mol. The first-order chi connectivity index (χ1) is 4.42. The van der Waals surface area contributed by atoms with E-state index in [1.165, 1.54) is 0 Å². The van der Waals surface area contributed by atoms with Crippen LogP contribution in [0.1, 0.15) is 12.8 Å². The Labute approximate surface area is 65.1 Å². The predicted octanol–water partition coefficient (Wildman–Crippen LogP) is 2.19. The molecule has 0 saturated heterocycles. The molecule has 0 heterocycles. The van der Waals surface area contributed by atoms with E-state index < -0.39 is 19.5 Å². The summed E-state index contributed by atoms with van der Waals surface area (Å²) < 4.78 is 0. The number of carboxylic acid groups (broad SMARTS) is 1. The van der Waals surface area contributed by atoms with Crippen LogP contribution >= 0.6 is 0 Å². The third kappa shape index (κ3) is 8.03. The first kappa shape index (κ1) is 10.0. The van der Waals surface area contributed by atoms with Gasteiger partial charge in [-0.2, -0.15) is 0 Å². The maximum absolute atomic E-state index is 10.1. The molecule has 0 aromatic rings. The van der Waals surface area contributed by atoms with Crippen LogP contribution in [-0.2, 0) is 4.79 Å². The molecule has 0 amide bonds. The quantitative estimate of drug-likeness (QED) is 0.717. The molecule has 60 valence electrons. The summed E-state index contributed by atoms with van der Waals surface area (Å²) in [5, 5.41) is 9.49. The Bertz CT molecular complexity index is 115. The van der Waals surface area contributed by atoms with Gasteiger partial charge in [0.05, 0.1) is 0 Å². The molecule has 3 heteroatoms. The van der Waals surface area contributed by atoms with Gasteiger partial charge in [-0.3, -0.25) is 0 Å². The minimum absolute atomic E-state index is 0.346. The number of carbonyl (C=O) groups is 1. The van der Waals surface area contributed by atoms with Gasteiger partial charge in [-0.15, -0.1) is 0 Å². The Balaban J connectivity index is 3.29. The van der Waals surface area contributed by atoms with E-state index in [1.54, 1.807) is 0 Å². The van der Waals surface area contributed by atoms with Crippen LogP contribution in [0.15, 0.2) is 0 Å². The first-order valence-electron chi connectivity index (χ1n) is 3.44. The van der Waals surface area contributed by atoms with E-state index in [9.17, 15) is 4.79 Å². The molecule has 0 saturated carbocycles. The predicted molar refractivity (Wildman–Crippen MR) is 45.0 cm³/mol. The van der Waals surface area contributed by atoms with Crippen molar-refractivity contribution in [1.82, 2.24) is 0 Å². The van der Waals surface area contributed by atoms with E-state index in [1.807, 2.05) is 0 Å². The molecule has 0 bridgehead atoms. The van der Waals surface area contributed by atoms with Crippen molar-refractivity contribution in [1.29, 1.82) is 0 Å². The molecule has 0 aromatic heterocycles. The molecule has 2 nitrogen and oxygen atoms in total. The second kappa shape index (κ2) is 4.02. The second-order valence-electron chi connectivity index (χ2n) is 3.51. The zero-order valence-corrected chi connectivity index (χ0v) is 8.80. The summed E-state index contributed by atoms with van der Waals surface area (Å²) in [5.41, 5.74) is 6.88. The molecule has 0 rings (SSSR count). The van der Waals surface area contributed by atoms with Crippen molar-refractivity contribution in [3.63, 3.8) is 0 Å². The van der Waals surface area contributed by atoms with Crippen molar-refractivity contribution in [2.24, 2.45) is 0 Å². The summed E-state index contributed by atoms with van der Waals surface area (Å²) in [6.07, 6.45) is 1.21. The van der Waals surface area contributed by atoms with Gasteiger partial charge in [-0.25, -0.2) is 0 Å². The third-order valence-corrected chi connectivity index (χ3v) is 4.70. The molecule has 0 spiro atoms. The molecule has 0 aliphatic carbocycles. The molecule has 0 aromatic carbocycles. The molecule has 0 aliphatic heterocycles. The molecular formula is C7H16AsO2+. The Morgan fingerprint density at radius 3 is 2.20 bits per heavy atom. The zero-order chi connectivity index (χ0) is 8.20. The van der Waals surface area contributed by atoms with E-state index in [4.69, 9.17) is 5.11 Å². The van der Waals surface area contributed by atoms with Crippen molar-refractivity contribution in [3.8, 4) is 0 Å². The second-order valence-corrected chi connectivity index (χ2v) is 14.1. The molecule has 10 heavy (non-hydrogen) atoms. The molecule has 0 atom stereocenters. The third-order valence-electron chi connectivity index (χ3n) is 1.22. The Hall–Kier alpha value is 0.0284. The van der Waals surface area contributed by atoms with Crippen LogP contribution in [0.5, 0.6) is 0 Å². The standard InChI is InChI=1S/C7H15AsO2/c1-8(2,3)6-4-5-7(9)10/h4-6H2,1-3H3/p+1. The fourth-order valence-electron chi connectivity index (χ4n) is 0.705. The molecule has 0 fully saturated rings. The average Bonchev–Trinajstić information content (AvgIpc) is 1.59. The molecule has 0 aliphatic rings. The summed E-state index contributed by atoms with van der Waals surface area (Å²) in [7, 11) is 0. The van der Waals surface area contributed by atoms with Gasteiger partial charge in [0.1, 0.15) is 0 Å². The fraction of sp³-hybridized carbons (Fsp3) is 0.857. The van der Waals surface area contributed by atoms with Gasteiger partial charge in [-0.1, -0.05) is 0 Å². The van der Waals surface area contributed by atoms with Gasteiger partial charge in [0.25, 0.3) is 0 Å². The van der Waals surface area contributed by atoms with Crippen molar-refractivity contribution >= 4 is 19.5 Å². The summed E-state index contributed by atoms with van der Waals surface area (Å²) >= 11 is -1.29. The maximum atomic E-state index is 10.1. The Morgan fingerprint density at radius 2 is 1.90 bits per heavy atom. The summed E-state index contributed by atoms with van der Waals surface area (Å²) in [4.78, 5) is 10.1. The topological polar surface area (TPSA) is 37.3 Å². The summed E-state index contributed by atoms with van der Waals surface area (Å²) in [5.74, 6) is -0.663. The fourth-order valence-corrected chi connectivity index (χ4v) is 3.03. The number of hydrogen-bond acceptors (Lipinski definition) is 1. The molecule has 0 unspecified atom stereocenters. The number of carboxylic acids is 1. The van der Waals surface area contributed by atoms with Gasteiger partial charge in [0.2, 0.25) is 0 Å². The van der Waals surface area contributed by atoms with Gasteiger partial charge < -0.3 is 0 Å². The SMILES string of the molecule is C[As+](C)(C)CCCC(=O)O. The Kier molecular flexibility index (Phi) is 4.03. The van der Waals surface area contributed by atoms with Crippen LogP contribution in [-0.4, -0.2) is 24.6 Å². The van der Waals surface area contributed by atoms with Crippen molar-refractivity contribution in [2.45, 2.75) is 35.2 Å². The molecule has 0 radical (unpaired) electrons. The van der Waals surface area contributed by atoms with Crippen LogP contribution in [0.25, 0.3) is 0 Å². The van der Waals surface area contributed by atoms with Gasteiger partial charge in [-0.05, 0) is 0 Å². The van der Waals surface area contributed by atoms with Gasteiger partial charge in [0, 0.05) is 0 Å². The zero-order valence-electron chi connectivity index (χ0n) is 6.92. The van der Waals surface area contributed by atoms with Crippen molar-refractivity contribution < 1.29 is 9.90 Å². The van der Waals surface area contributed by atoms with Gasteiger partial charge in [0.15, 0.2) is 0 Å². The van der Waals surface area contributed by atoms with Crippen LogP contribution in [0.2, 0.25) is 22.3 Å². The van der Waals surface area contributed by atoms with E-state index >= 15 is 0 Å². The van der Waals surface area contributed by atoms with E-state index in [0.29, 0.717) is 6.42 Å². The molecular weight excluding hydrogens is 191 g/mol. The summed E-state index contributed by atoms with van der Waals surface area (Å²) in [6, 6.07) is 0. The van der Waals surface area contributed by atoms with E-state index in [2.05, 4.69) is 17.1 Å². The summed E-state index contributed by atoms with van der Waals surface area (Å²) in [6.45, 7) is 0. The van der Waals surface area contributed by atoms with Crippen LogP contribution in [0.3, 0.4) is 0 Å². The van der Waals surface area contributed by atoms with Crippen molar-refractivity contribution in [2.75, 3.05) is 0 Å². The van der Waals surface area contributed by atoms with Crippen molar-refractivity contribution in [3.05, 3.63) is 0 Å².